The summed E-state index contributed by atoms with van der Waals surface area (Å²) in [4.78, 5) is 12.3. The minimum absolute atomic E-state index is 0.118. The summed E-state index contributed by atoms with van der Waals surface area (Å²) >= 11 is 0. The molecular formula is C34H58O4. The molecule has 3 rings (SSSR count). The molecule has 218 valence electrons. The Kier molecular flexibility index (Phi) is 13.9. The van der Waals surface area contributed by atoms with Crippen LogP contribution in [0.3, 0.4) is 0 Å². The van der Waals surface area contributed by atoms with E-state index < -0.39 is 0 Å². The second-order valence-corrected chi connectivity index (χ2v) is 12.6. The van der Waals surface area contributed by atoms with Gasteiger partial charge in [0.2, 0.25) is 0 Å². The first kappa shape index (κ1) is 31.4. The van der Waals surface area contributed by atoms with Gasteiger partial charge < -0.3 is 14.2 Å². The van der Waals surface area contributed by atoms with Gasteiger partial charge in [-0.05, 0) is 46.0 Å². The fourth-order valence-electron chi connectivity index (χ4n) is 7.04. The normalized spacial score (nSPS) is 27.0. The van der Waals surface area contributed by atoms with Crippen LogP contribution in [0.15, 0.2) is 23.3 Å². The largest absolute Gasteiger partial charge is 0.458 e. The molecule has 4 atom stereocenters. The lowest BCUT2D eigenvalue weighted by atomic mass is 9.79. The Hall–Kier alpha value is -1.13. The molecule has 2 aliphatic carbocycles. The van der Waals surface area contributed by atoms with Crippen LogP contribution in [0.5, 0.6) is 0 Å². The Balaban J connectivity index is 1.19. The maximum atomic E-state index is 12.3. The molecule has 0 bridgehead atoms. The van der Waals surface area contributed by atoms with Crippen LogP contribution in [0.4, 0.5) is 0 Å². The number of ether oxygens (including phenoxy) is 3. The SMILES string of the molecule is C=C1C(=O)O[C@H]2[C@H]1CCC(C)=C1CC[C@@](C)(OCOCCCCCCCCCCCCCCCCCC)[C@@H]12. The minimum Gasteiger partial charge on any atom is -0.458 e. The van der Waals surface area contributed by atoms with Gasteiger partial charge in [-0.3, -0.25) is 0 Å². The minimum atomic E-state index is -0.344. The monoisotopic (exact) mass is 530 g/mol. The van der Waals surface area contributed by atoms with E-state index in [-0.39, 0.29) is 29.5 Å². The molecule has 0 spiro atoms. The van der Waals surface area contributed by atoms with Crippen LogP contribution in [0.2, 0.25) is 0 Å². The Morgan fingerprint density at radius 1 is 0.868 bits per heavy atom. The molecular weight excluding hydrogens is 472 g/mol. The van der Waals surface area contributed by atoms with E-state index in [0.29, 0.717) is 12.4 Å². The first-order valence-electron chi connectivity index (χ1n) is 16.3. The number of hydrogen-bond donors (Lipinski definition) is 0. The highest BCUT2D eigenvalue weighted by atomic mass is 16.7. The molecule has 1 heterocycles. The summed E-state index contributed by atoms with van der Waals surface area (Å²) in [7, 11) is 0. The molecule has 3 aliphatic rings. The second kappa shape index (κ2) is 16.9. The molecule has 0 aromatic rings. The molecule has 0 N–H and O–H groups in total. The number of hydrogen-bond acceptors (Lipinski definition) is 4. The average molecular weight is 531 g/mol. The number of fused-ring (bicyclic) bond motifs is 3. The first-order valence-corrected chi connectivity index (χ1v) is 16.3. The van der Waals surface area contributed by atoms with Crippen molar-refractivity contribution >= 4 is 5.97 Å². The van der Waals surface area contributed by atoms with Gasteiger partial charge in [0.05, 0.1) is 5.60 Å². The van der Waals surface area contributed by atoms with E-state index in [1.807, 2.05) is 0 Å². The van der Waals surface area contributed by atoms with E-state index >= 15 is 0 Å². The summed E-state index contributed by atoms with van der Waals surface area (Å²) in [5.74, 6) is 0.0252. The Morgan fingerprint density at radius 2 is 1.42 bits per heavy atom. The Morgan fingerprint density at radius 3 is 2.00 bits per heavy atom. The van der Waals surface area contributed by atoms with E-state index in [0.717, 1.165) is 38.7 Å². The van der Waals surface area contributed by atoms with Crippen LogP contribution < -0.4 is 0 Å². The molecule has 0 unspecified atom stereocenters. The first-order chi connectivity index (χ1) is 18.5. The highest BCUT2D eigenvalue weighted by Gasteiger charge is 2.55. The van der Waals surface area contributed by atoms with Crippen molar-refractivity contribution in [1.29, 1.82) is 0 Å². The fourth-order valence-corrected chi connectivity index (χ4v) is 7.04. The van der Waals surface area contributed by atoms with Crippen LogP contribution in [0, 0.1) is 11.8 Å². The van der Waals surface area contributed by atoms with E-state index in [4.69, 9.17) is 14.2 Å². The van der Waals surface area contributed by atoms with Crippen LogP contribution >= 0.6 is 0 Å². The molecule has 1 saturated heterocycles. The van der Waals surface area contributed by atoms with Crippen LogP contribution in [-0.4, -0.2) is 31.1 Å². The van der Waals surface area contributed by atoms with Crippen LogP contribution in [-0.2, 0) is 19.0 Å². The van der Waals surface area contributed by atoms with Gasteiger partial charge >= 0.3 is 5.97 Å². The smallest absolute Gasteiger partial charge is 0.334 e. The van der Waals surface area contributed by atoms with Crippen molar-refractivity contribution in [3.63, 3.8) is 0 Å². The number of carbonyl (C=O) groups excluding carboxylic acids is 1. The van der Waals surface area contributed by atoms with Gasteiger partial charge in [0.1, 0.15) is 12.9 Å². The lowest BCUT2D eigenvalue weighted by Gasteiger charge is -2.36. The van der Waals surface area contributed by atoms with E-state index in [1.165, 1.54) is 107 Å². The predicted octanol–water partition coefficient (Wildman–Crippen LogP) is 9.62. The second-order valence-electron chi connectivity index (χ2n) is 12.6. The lowest BCUT2D eigenvalue weighted by Crippen LogP contribution is -2.43. The third-order valence-corrected chi connectivity index (χ3v) is 9.59. The maximum Gasteiger partial charge on any atom is 0.334 e. The topological polar surface area (TPSA) is 44.8 Å². The molecule has 4 nitrogen and oxygen atoms in total. The third-order valence-electron chi connectivity index (χ3n) is 9.59. The Bertz CT molecular complexity index is 756. The van der Waals surface area contributed by atoms with Gasteiger partial charge in [-0.15, -0.1) is 0 Å². The zero-order valence-corrected chi connectivity index (χ0v) is 25.1. The standard InChI is InChI=1S/C34H58O4/c1-5-6-7-8-9-10-11-12-13-14-15-16-17-18-19-20-25-36-26-37-34(4)24-23-29-27(2)21-22-30-28(3)33(35)38-32(30)31(29)34/h30-32H,3,5-26H2,1-2,4H3/t30-,31-,32-,34+/m0/s1. The van der Waals surface area contributed by atoms with Crippen LogP contribution in [0.25, 0.3) is 0 Å². The zero-order valence-electron chi connectivity index (χ0n) is 25.1. The molecule has 1 aliphatic heterocycles. The summed E-state index contributed by atoms with van der Waals surface area (Å²) in [6.07, 6.45) is 25.9. The Labute approximate surface area is 234 Å². The average Bonchev–Trinajstić information content (AvgIpc) is 3.34. The van der Waals surface area contributed by atoms with Crippen LogP contribution in [0.1, 0.15) is 149 Å². The summed E-state index contributed by atoms with van der Waals surface area (Å²) in [6, 6.07) is 0. The fraction of sp³-hybridized carbons (Fsp3) is 0.853. The molecule has 4 heteroatoms. The molecule has 0 amide bonds. The van der Waals surface area contributed by atoms with Crippen molar-refractivity contribution in [1.82, 2.24) is 0 Å². The van der Waals surface area contributed by atoms with E-state index in [2.05, 4.69) is 27.4 Å². The van der Waals surface area contributed by atoms with Crippen molar-refractivity contribution in [3.05, 3.63) is 23.3 Å². The van der Waals surface area contributed by atoms with Crippen molar-refractivity contribution in [2.75, 3.05) is 13.4 Å². The number of allylic oxidation sites excluding steroid dienone is 1. The summed E-state index contributed by atoms with van der Waals surface area (Å²) in [5, 5.41) is 0. The molecule has 0 aromatic carbocycles. The van der Waals surface area contributed by atoms with Crippen molar-refractivity contribution in [3.8, 4) is 0 Å². The van der Waals surface area contributed by atoms with Crippen molar-refractivity contribution in [2.24, 2.45) is 11.8 Å². The molecule has 2 fully saturated rings. The van der Waals surface area contributed by atoms with Crippen molar-refractivity contribution < 1.29 is 19.0 Å². The highest BCUT2D eigenvalue weighted by Crippen LogP contribution is 2.53. The molecule has 1 saturated carbocycles. The zero-order chi connectivity index (χ0) is 27.2. The quantitative estimate of drug-likeness (QED) is 0.0517. The number of esters is 1. The summed E-state index contributed by atoms with van der Waals surface area (Å²) in [5.41, 5.74) is 3.21. The van der Waals surface area contributed by atoms with Gasteiger partial charge in [-0.25, -0.2) is 4.79 Å². The van der Waals surface area contributed by atoms with Gasteiger partial charge in [0, 0.05) is 24.0 Å². The van der Waals surface area contributed by atoms with E-state index in [9.17, 15) is 4.79 Å². The number of carbonyl (C=O) groups is 1. The van der Waals surface area contributed by atoms with Crippen molar-refractivity contribution in [2.45, 2.75) is 161 Å². The lowest BCUT2D eigenvalue weighted by molar-refractivity contribution is -0.168. The van der Waals surface area contributed by atoms with E-state index in [1.54, 1.807) is 0 Å². The number of rotatable bonds is 20. The van der Waals surface area contributed by atoms with Gasteiger partial charge in [0.15, 0.2) is 0 Å². The van der Waals surface area contributed by atoms with Gasteiger partial charge in [-0.1, -0.05) is 121 Å². The third kappa shape index (κ3) is 9.22. The highest BCUT2D eigenvalue weighted by molar-refractivity contribution is 5.91. The van der Waals surface area contributed by atoms with Gasteiger partial charge in [-0.2, -0.15) is 0 Å². The summed E-state index contributed by atoms with van der Waals surface area (Å²) in [6.45, 7) is 11.9. The maximum absolute atomic E-state index is 12.3. The summed E-state index contributed by atoms with van der Waals surface area (Å²) < 4.78 is 18.2. The molecule has 0 radical (unpaired) electrons. The van der Waals surface area contributed by atoms with Gasteiger partial charge in [0.25, 0.3) is 0 Å². The predicted molar refractivity (Wildman–Crippen MR) is 157 cm³/mol. The number of unbranched alkanes of at least 4 members (excludes halogenated alkanes) is 15. The molecule has 0 aromatic heterocycles. The molecule has 38 heavy (non-hydrogen) atoms.